The number of hydrogen-bond donors (Lipinski definition) is 2. The minimum atomic E-state index is -2.47. The summed E-state index contributed by atoms with van der Waals surface area (Å²) >= 11 is 0. The first-order chi connectivity index (χ1) is 15.3. The van der Waals surface area contributed by atoms with Crippen molar-refractivity contribution in [2.24, 2.45) is 5.92 Å². The molecule has 0 saturated heterocycles. The van der Waals surface area contributed by atoms with E-state index in [1.807, 2.05) is 0 Å². The monoisotopic (exact) mass is 393 g/mol. The molecule has 0 radical (unpaired) electrons. The van der Waals surface area contributed by atoms with Crippen LogP contribution in [0.25, 0.3) is 27.9 Å². The molecule has 10 nitrogen and oxygen atoms in total. The Balaban J connectivity index is 1.64. The number of anilines is 2. The summed E-state index contributed by atoms with van der Waals surface area (Å²) < 4.78 is 29.3. The molecule has 10 heteroatoms. The second kappa shape index (κ2) is 6.66. The SMILES string of the molecule is [2H]C([2H])([2H])Nc1ncc(-c2nc3ccc(OC)cn3n2)c2cc(NC(=O)C3CC3)nnc12. The molecule has 0 atom stereocenters. The Hall–Kier alpha value is -3.82. The first kappa shape index (κ1) is 14.2. The molecule has 1 aliphatic carbocycles. The van der Waals surface area contributed by atoms with E-state index in [4.69, 9.17) is 8.85 Å². The van der Waals surface area contributed by atoms with Crippen LogP contribution >= 0.6 is 0 Å². The number of ether oxygens (including phenoxy) is 1. The van der Waals surface area contributed by atoms with Gasteiger partial charge in [-0.15, -0.1) is 15.3 Å². The number of carbonyl (C=O) groups excluding carboxylic acids is 1. The van der Waals surface area contributed by atoms with Gasteiger partial charge in [-0.3, -0.25) is 4.79 Å². The van der Waals surface area contributed by atoms with Crippen LogP contribution in [0.5, 0.6) is 5.75 Å². The Morgan fingerprint density at radius 1 is 1.34 bits per heavy atom. The molecule has 1 aliphatic rings. The van der Waals surface area contributed by atoms with Crippen LogP contribution in [0, 0.1) is 5.92 Å². The molecule has 146 valence electrons. The van der Waals surface area contributed by atoms with Crippen LogP contribution < -0.4 is 15.4 Å². The maximum absolute atomic E-state index is 12.2. The van der Waals surface area contributed by atoms with Gasteiger partial charge in [-0.2, -0.15) is 0 Å². The number of carbonyl (C=O) groups is 1. The summed E-state index contributed by atoms with van der Waals surface area (Å²) in [5.74, 6) is 1.14. The number of nitrogens with zero attached hydrogens (tertiary/aromatic N) is 6. The number of hydrogen-bond acceptors (Lipinski definition) is 8. The average Bonchev–Trinajstić information content (AvgIpc) is 3.52. The highest BCUT2D eigenvalue weighted by Gasteiger charge is 2.30. The Kier molecular flexibility index (Phi) is 3.26. The highest BCUT2D eigenvalue weighted by Crippen LogP contribution is 2.32. The number of aromatic nitrogens is 6. The minimum absolute atomic E-state index is 0.00715. The predicted octanol–water partition coefficient (Wildman–Crippen LogP) is 2.13. The summed E-state index contributed by atoms with van der Waals surface area (Å²) in [4.78, 5) is 20.9. The molecule has 1 fully saturated rings. The summed E-state index contributed by atoms with van der Waals surface area (Å²) in [7, 11) is 1.56. The second-order valence-electron chi connectivity index (χ2n) is 6.71. The number of fused-ring (bicyclic) bond motifs is 2. The van der Waals surface area contributed by atoms with Crippen LogP contribution in [-0.4, -0.2) is 49.8 Å². The van der Waals surface area contributed by atoms with Crippen LogP contribution in [0.4, 0.5) is 11.6 Å². The number of amides is 1. The number of rotatable bonds is 5. The Bertz CT molecular complexity index is 1350. The quantitative estimate of drug-likeness (QED) is 0.529. The molecule has 29 heavy (non-hydrogen) atoms. The van der Waals surface area contributed by atoms with Crippen molar-refractivity contribution in [3.8, 4) is 17.1 Å². The van der Waals surface area contributed by atoms with Gasteiger partial charge in [-0.25, -0.2) is 14.5 Å². The molecule has 4 aromatic heterocycles. The minimum Gasteiger partial charge on any atom is -0.495 e. The van der Waals surface area contributed by atoms with E-state index in [1.165, 1.54) is 6.20 Å². The van der Waals surface area contributed by atoms with E-state index >= 15 is 0 Å². The smallest absolute Gasteiger partial charge is 0.228 e. The van der Waals surface area contributed by atoms with Gasteiger partial charge in [0, 0.05) is 34.2 Å². The van der Waals surface area contributed by atoms with Gasteiger partial charge >= 0.3 is 0 Å². The van der Waals surface area contributed by atoms with E-state index in [1.54, 1.807) is 36.0 Å². The Morgan fingerprint density at radius 3 is 3.03 bits per heavy atom. The van der Waals surface area contributed by atoms with Crippen LogP contribution in [0.2, 0.25) is 0 Å². The molecule has 0 aliphatic heterocycles. The Labute approximate surface area is 169 Å². The molecule has 1 amide bonds. The highest BCUT2D eigenvalue weighted by atomic mass is 16.5. The van der Waals surface area contributed by atoms with Gasteiger partial charge in [-0.1, -0.05) is 0 Å². The third-order valence-corrected chi connectivity index (χ3v) is 4.73. The van der Waals surface area contributed by atoms with Crippen molar-refractivity contribution in [1.29, 1.82) is 0 Å². The van der Waals surface area contributed by atoms with Crippen LogP contribution in [0.15, 0.2) is 30.6 Å². The topological polar surface area (TPSA) is 119 Å². The van der Waals surface area contributed by atoms with E-state index in [0.717, 1.165) is 12.8 Å². The third kappa shape index (κ3) is 3.08. The molecular formula is C19H18N8O2. The van der Waals surface area contributed by atoms with Crippen molar-refractivity contribution in [1.82, 2.24) is 29.8 Å². The average molecular weight is 393 g/mol. The fourth-order valence-electron chi connectivity index (χ4n) is 3.04. The molecule has 0 aromatic carbocycles. The lowest BCUT2D eigenvalue weighted by Crippen LogP contribution is -2.15. The predicted molar refractivity (Wildman–Crippen MR) is 107 cm³/mol. The van der Waals surface area contributed by atoms with Crippen molar-refractivity contribution in [3.63, 3.8) is 0 Å². The third-order valence-electron chi connectivity index (χ3n) is 4.73. The van der Waals surface area contributed by atoms with E-state index in [0.29, 0.717) is 28.2 Å². The molecule has 0 unspecified atom stereocenters. The Morgan fingerprint density at radius 2 is 2.24 bits per heavy atom. The van der Waals surface area contributed by atoms with Crippen molar-refractivity contribution in [3.05, 3.63) is 30.6 Å². The molecule has 0 spiro atoms. The second-order valence-corrected chi connectivity index (χ2v) is 6.71. The van der Waals surface area contributed by atoms with Crippen molar-refractivity contribution >= 4 is 34.1 Å². The summed E-state index contributed by atoms with van der Waals surface area (Å²) in [6, 6.07) is 5.15. The molecular weight excluding hydrogens is 372 g/mol. The first-order valence-electron chi connectivity index (χ1n) is 10.5. The van der Waals surface area contributed by atoms with Gasteiger partial charge in [-0.05, 0) is 31.0 Å². The van der Waals surface area contributed by atoms with Crippen molar-refractivity contribution < 1.29 is 13.6 Å². The van der Waals surface area contributed by atoms with E-state index in [-0.39, 0.29) is 29.0 Å². The van der Waals surface area contributed by atoms with Gasteiger partial charge in [0.2, 0.25) is 5.91 Å². The number of methoxy groups -OCH3 is 1. The number of nitrogens with one attached hydrogen (secondary N) is 2. The molecule has 4 heterocycles. The zero-order chi connectivity index (χ0) is 22.5. The zero-order valence-corrected chi connectivity index (χ0v) is 15.4. The summed E-state index contributed by atoms with van der Waals surface area (Å²) in [5.41, 5.74) is 1.32. The summed E-state index contributed by atoms with van der Waals surface area (Å²) in [6.07, 6.45) is 4.86. The molecule has 0 bridgehead atoms. The van der Waals surface area contributed by atoms with Gasteiger partial charge in [0.05, 0.1) is 13.3 Å². The lowest BCUT2D eigenvalue weighted by atomic mass is 10.1. The molecule has 2 N–H and O–H groups in total. The highest BCUT2D eigenvalue weighted by molar-refractivity contribution is 6.01. The zero-order valence-electron chi connectivity index (χ0n) is 18.4. The normalized spacial score (nSPS) is 15.6. The standard InChI is InChI=1S/C19H18N8O2/c1-20-18-16-12(7-14(24-25-16)22-19(28)10-3-4-10)13(8-21-18)17-23-15-6-5-11(29-2)9-27(15)26-17/h5-10H,3-4H2,1-2H3,(H,20,21)(H,22,24,28)/i1D3. The fraction of sp³-hybridized carbons (Fsp3) is 0.263. The maximum atomic E-state index is 12.2. The van der Waals surface area contributed by atoms with Crippen LogP contribution in [0.3, 0.4) is 0 Å². The van der Waals surface area contributed by atoms with Gasteiger partial charge in [0.15, 0.2) is 23.1 Å². The van der Waals surface area contributed by atoms with E-state index in [2.05, 4.69) is 35.9 Å². The van der Waals surface area contributed by atoms with Crippen molar-refractivity contribution in [2.75, 3.05) is 24.7 Å². The lowest BCUT2D eigenvalue weighted by Gasteiger charge is -2.09. The molecule has 4 aromatic rings. The van der Waals surface area contributed by atoms with Crippen LogP contribution in [0.1, 0.15) is 17.0 Å². The summed E-state index contributed by atoms with van der Waals surface area (Å²) in [6.45, 7) is -2.47. The van der Waals surface area contributed by atoms with Gasteiger partial charge in [0.25, 0.3) is 0 Å². The van der Waals surface area contributed by atoms with Gasteiger partial charge in [0.1, 0.15) is 11.3 Å². The lowest BCUT2D eigenvalue weighted by molar-refractivity contribution is -0.117. The molecule has 1 saturated carbocycles. The fourth-order valence-corrected chi connectivity index (χ4v) is 3.04. The van der Waals surface area contributed by atoms with E-state index < -0.39 is 6.98 Å². The maximum Gasteiger partial charge on any atom is 0.228 e. The van der Waals surface area contributed by atoms with Gasteiger partial charge < -0.3 is 15.4 Å². The number of pyridine rings is 2. The molecule has 5 rings (SSSR count). The summed E-state index contributed by atoms with van der Waals surface area (Å²) in [5, 5.41) is 18.3. The largest absolute Gasteiger partial charge is 0.495 e. The van der Waals surface area contributed by atoms with Crippen molar-refractivity contribution in [2.45, 2.75) is 12.8 Å². The first-order valence-corrected chi connectivity index (χ1v) is 8.97. The van der Waals surface area contributed by atoms with Crippen LogP contribution in [-0.2, 0) is 4.79 Å². The van der Waals surface area contributed by atoms with E-state index in [9.17, 15) is 4.79 Å².